The molecule has 0 aliphatic heterocycles. The molecular formula is C53H106N2O8. The Hall–Kier alpha value is -2.20. The van der Waals surface area contributed by atoms with E-state index >= 15 is 0 Å². The summed E-state index contributed by atoms with van der Waals surface area (Å²) < 4.78 is 11.0. The van der Waals surface area contributed by atoms with E-state index < -0.39 is 0 Å². The Balaban J connectivity index is -0.00000477. The van der Waals surface area contributed by atoms with Crippen LogP contribution < -0.4 is 5.32 Å². The van der Waals surface area contributed by atoms with Gasteiger partial charge in [0.1, 0.15) is 13.2 Å². The lowest BCUT2D eigenvalue weighted by Crippen LogP contribution is -2.38. The van der Waals surface area contributed by atoms with Gasteiger partial charge < -0.3 is 29.9 Å². The minimum absolute atomic E-state index is 0.0676. The fourth-order valence-corrected chi connectivity index (χ4v) is 7.36. The Labute approximate surface area is 389 Å². The third kappa shape index (κ3) is 55.9. The van der Waals surface area contributed by atoms with Crippen molar-refractivity contribution in [1.82, 2.24) is 10.2 Å². The van der Waals surface area contributed by atoms with Gasteiger partial charge in [-0.2, -0.15) is 0 Å². The van der Waals surface area contributed by atoms with Crippen LogP contribution in [0.15, 0.2) is 0 Å². The highest BCUT2D eigenvalue weighted by Crippen LogP contribution is 2.16. The van der Waals surface area contributed by atoms with Crippen molar-refractivity contribution in [2.24, 2.45) is 0 Å². The van der Waals surface area contributed by atoms with E-state index in [1.807, 2.05) is 0 Å². The molecule has 0 aromatic rings. The molecule has 0 aliphatic rings. The molecule has 0 spiro atoms. The van der Waals surface area contributed by atoms with E-state index in [4.69, 9.17) is 19.7 Å². The molecule has 376 valence electrons. The number of amides is 2. The van der Waals surface area contributed by atoms with Crippen molar-refractivity contribution in [1.29, 1.82) is 0 Å². The van der Waals surface area contributed by atoms with Gasteiger partial charge in [-0.1, -0.05) is 220 Å². The number of nitrogens with one attached hydrogen (secondary N) is 1. The third-order valence-corrected chi connectivity index (χ3v) is 11.5. The van der Waals surface area contributed by atoms with Crippen LogP contribution in [0, 0.1) is 0 Å². The zero-order valence-corrected chi connectivity index (χ0v) is 42.4. The van der Waals surface area contributed by atoms with Crippen LogP contribution in [0.3, 0.4) is 0 Å². The lowest BCUT2D eigenvalue weighted by molar-refractivity contribution is -0.147. The number of aliphatic hydroxyl groups is 2. The fraction of sp³-hybridized carbons (Fsp3) is 0.925. The summed E-state index contributed by atoms with van der Waals surface area (Å²) in [6.45, 7) is 10.2. The van der Waals surface area contributed by atoms with E-state index in [1.54, 1.807) is 4.90 Å². The average molecular weight is 899 g/mol. The highest BCUT2D eigenvalue weighted by molar-refractivity contribution is 5.83. The van der Waals surface area contributed by atoms with Crippen LogP contribution in [0.1, 0.15) is 272 Å². The maximum atomic E-state index is 13.1. The molecule has 0 rings (SSSR count). The van der Waals surface area contributed by atoms with E-state index in [2.05, 4.69) is 33.0 Å². The van der Waals surface area contributed by atoms with E-state index in [1.165, 1.54) is 154 Å². The monoisotopic (exact) mass is 899 g/mol. The second-order valence-corrected chi connectivity index (χ2v) is 17.5. The van der Waals surface area contributed by atoms with Crippen LogP contribution in [0.5, 0.6) is 0 Å². The topological polar surface area (TPSA) is 142 Å². The van der Waals surface area contributed by atoms with Crippen molar-refractivity contribution >= 4 is 23.8 Å². The average Bonchev–Trinajstić information content (AvgIpc) is 3.28. The van der Waals surface area contributed by atoms with Gasteiger partial charge in [0.05, 0.1) is 13.1 Å². The molecule has 0 radical (unpaired) electrons. The first kappa shape index (κ1) is 65.1. The van der Waals surface area contributed by atoms with Gasteiger partial charge >= 0.3 is 11.9 Å². The molecule has 0 fully saturated rings. The molecule has 10 heteroatoms. The van der Waals surface area contributed by atoms with Crippen molar-refractivity contribution in [2.45, 2.75) is 272 Å². The predicted molar refractivity (Wildman–Crippen MR) is 265 cm³/mol. The number of ether oxygens (including phenoxy) is 2. The van der Waals surface area contributed by atoms with E-state index in [-0.39, 0.29) is 62.9 Å². The van der Waals surface area contributed by atoms with E-state index in [0.717, 1.165) is 71.3 Å². The first-order valence-corrected chi connectivity index (χ1v) is 26.8. The number of aliphatic hydroxyl groups excluding tert-OH is 2. The minimum Gasteiger partial charge on any atom is -0.464 e. The number of hydrogen-bond donors (Lipinski definition) is 3. The van der Waals surface area contributed by atoms with Crippen molar-refractivity contribution in [3.05, 3.63) is 0 Å². The molecule has 2 amide bonds. The SMILES string of the molecule is CCCCCCCCCCCCCCCCCC(=O)OCCN(CCOC(=O)CCCCCCCCCCCCCCCCC)C(=O)CCC(=O)NCCCC.CCCCO.CO. The molecule has 0 saturated carbocycles. The number of nitrogens with zero attached hydrogens (tertiary/aromatic N) is 1. The van der Waals surface area contributed by atoms with Gasteiger partial charge in [-0.15, -0.1) is 0 Å². The van der Waals surface area contributed by atoms with Crippen LogP contribution in [0.25, 0.3) is 0 Å². The van der Waals surface area contributed by atoms with Crippen LogP contribution in [-0.2, 0) is 28.7 Å². The van der Waals surface area contributed by atoms with Gasteiger partial charge in [-0.3, -0.25) is 19.2 Å². The Bertz CT molecular complexity index is 896. The van der Waals surface area contributed by atoms with Gasteiger partial charge in [-0.25, -0.2) is 0 Å². The molecule has 0 bridgehead atoms. The molecule has 0 atom stereocenters. The number of esters is 2. The molecule has 0 aromatic heterocycles. The standard InChI is InChI=1S/C48H92N2O6.C4H10O.CH4O/c1-4-7-10-12-14-16-18-20-22-24-26-28-30-32-34-36-47(53)55-43-41-50(46(52)39-38-45(51)49-40-9-6-3)42-44-56-48(54)37-35-33-31-29-27-25-23-21-19-17-15-13-11-8-5-2;1-2-3-4-5;1-2/h4-44H2,1-3H3,(H,49,51);5H,2-4H2,1H3;2H,1H3. The zero-order chi connectivity index (χ0) is 47.1. The van der Waals surface area contributed by atoms with Crippen LogP contribution in [0.2, 0.25) is 0 Å². The number of unbranched alkanes of at least 4 members (excludes halogenated alkanes) is 30. The summed E-state index contributed by atoms with van der Waals surface area (Å²) in [4.78, 5) is 51.6. The lowest BCUT2D eigenvalue weighted by Gasteiger charge is -2.22. The zero-order valence-electron chi connectivity index (χ0n) is 42.4. The Morgan fingerprint density at radius 1 is 0.397 bits per heavy atom. The van der Waals surface area contributed by atoms with Gasteiger partial charge in [0.25, 0.3) is 0 Å². The fourth-order valence-electron chi connectivity index (χ4n) is 7.36. The number of rotatable bonds is 46. The Morgan fingerprint density at radius 2 is 0.698 bits per heavy atom. The molecule has 63 heavy (non-hydrogen) atoms. The highest BCUT2D eigenvalue weighted by Gasteiger charge is 2.17. The first-order valence-electron chi connectivity index (χ1n) is 26.8. The molecule has 0 unspecified atom stereocenters. The second kappa shape index (κ2) is 57.8. The Morgan fingerprint density at radius 3 is 0.984 bits per heavy atom. The molecule has 0 heterocycles. The van der Waals surface area contributed by atoms with Crippen molar-refractivity contribution < 1.29 is 38.9 Å². The summed E-state index contributed by atoms with van der Waals surface area (Å²) >= 11 is 0. The van der Waals surface area contributed by atoms with E-state index in [9.17, 15) is 19.2 Å². The van der Waals surface area contributed by atoms with Gasteiger partial charge in [-0.05, 0) is 25.7 Å². The summed E-state index contributed by atoms with van der Waals surface area (Å²) in [5.74, 6) is -0.821. The van der Waals surface area contributed by atoms with E-state index in [0.29, 0.717) is 26.0 Å². The van der Waals surface area contributed by atoms with Crippen LogP contribution in [-0.4, -0.2) is 85.4 Å². The molecule has 10 nitrogen and oxygen atoms in total. The van der Waals surface area contributed by atoms with Gasteiger partial charge in [0.15, 0.2) is 0 Å². The maximum Gasteiger partial charge on any atom is 0.305 e. The molecular weight excluding hydrogens is 793 g/mol. The molecule has 3 N–H and O–H groups in total. The number of carbonyl (C=O) groups excluding carboxylic acids is 4. The van der Waals surface area contributed by atoms with Crippen molar-refractivity contribution in [3.63, 3.8) is 0 Å². The third-order valence-electron chi connectivity index (χ3n) is 11.5. The molecule has 0 aliphatic carbocycles. The maximum absolute atomic E-state index is 13.1. The summed E-state index contributed by atoms with van der Waals surface area (Å²) in [7, 11) is 1.00. The summed E-state index contributed by atoms with van der Waals surface area (Å²) in [5, 5.41) is 17.9. The van der Waals surface area contributed by atoms with Gasteiger partial charge in [0.2, 0.25) is 11.8 Å². The number of carbonyl (C=O) groups is 4. The quantitative estimate of drug-likeness (QED) is 0.0405. The summed E-state index contributed by atoms with van der Waals surface area (Å²) in [6.07, 6.45) is 43.3. The van der Waals surface area contributed by atoms with Gasteiger partial charge in [0, 0.05) is 45.9 Å². The minimum atomic E-state index is -0.239. The Kier molecular flexibility index (Phi) is 59.7. The normalized spacial score (nSPS) is 10.7. The lowest BCUT2D eigenvalue weighted by atomic mass is 10.0. The second-order valence-electron chi connectivity index (χ2n) is 17.5. The predicted octanol–water partition coefficient (Wildman–Crippen LogP) is 13.5. The first-order chi connectivity index (χ1) is 30.9. The summed E-state index contributed by atoms with van der Waals surface area (Å²) in [5.41, 5.74) is 0. The highest BCUT2D eigenvalue weighted by atomic mass is 16.5. The van der Waals surface area contributed by atoms with Crippen molar-refractivity contribution in [2.75, 3.05) is 46.6 Å². The van der Waals surface area contributed by atoms with Crippen molar-refractivity contribution in [3.8, 4) is 0 Å². The molecule has 0 aromatic carbocycles. The smallest absolute Gasteiger partial charge is 0.305 e. The largest absolute Gasteiger partial charge is 0.464 e. The van der Waals surface area contributed by atoms with Crippen LogP contribution in [0.4, 0.5) is 0 Å². The van der Waals surface area contributed by atoms with Crippen LogP contribution >= 0.6 is 0 Å². The summed E-state index contributed by atoms with van der Waals surface area (Å²) in [6, 6.07) is 0. The molecule has 0 saturated heterocycles. The number of hydrogen-bond acceptors (Lipinski definition) is 8.